The van der Waals surface area contributed by atoms with Crippen molar-refractivity contribution in [3.8, 4) is 0 Å². The molecular formula is C27H40N6O3. The Bertz CT molecular complexity index is 1280. The first-order valence-electron chi connectivity index (χ1n) is 12.9. The Hall–Kier alpha value is -3.36. The molecule has 0 spiro atoms. The number of carbonyl (C=O) groups is 1. The number of nitrogens with one attached hydrogen (secondary N) is 1. The third-order valence-corrected chi connectivity index (χ3v) is 6.37. The van der Waals surface area contributed by atoms with Gasteiger partial charge in [0.2, 0.25) is 5.91 Å². The topological polar surface area (TPSA) is 96.2 Å². The SMILES string of the molecule is CCCCn1c(=O)[nH]c(=O)c2c1nc(CCC(=O)N(CC)Cc1ccc(N(C)C)cc1)n2CC(C)C. The summed E-state index contributed by atoms with van der Waals surface area (Å²) in [6.45, 7) is 10.4. The van der Waals surface area contributed by atoms with Gasteiger partial charge in [0.15, 0.2) is 11.2 Å². The summed E-state index contributed by atoms with van der Waals surface area (Å²) in [5, 5.41) is 0. The minimum atomic E-state index is -0.435. The number of carbonyl (C=O) groups excluding carboxylic acids is 1. The highest BCUT2D eigenvalue weighted by molar-refractivity contribution is 5.77. The van der Waals surface area contributed by atoms with Crippen LogP contribution >= 0.6 is 0 Å². The van der Waals surface area contributed by atoms with Gasteiger partial charge in [-0.1, -0.05) is 39.3 Å². The molecule has 0 bridgehead atoms. The van der Waals surface area contributed by atoms with Gasteiger partial charge in [-0.3, -0.25) is 19.1 Å². The number of imidazole rings is 1. The molecule has 2 aromatic heterocycles. The van der Waals surface area contributed by atoms with Crippen LogP contribution < -0.4 is 16.1 Å². The molecule has 0 unspecified atom stereocenters. The molecule has 1 aromatic carbocycles. The van der Waals surface area contributed by atoms with E-state index in [1.165, 1.54) is 0 Å². The molecule has 0 aliphatic carbocycles. The fourth-order valence-electron chi connectivity index (χ4n) is 4.37. The summed E-state index contributed by atoms with van der Waals surface area (Å²) in [5.74, 6) is 0.971. The van der Waals surface area contributed by atoms with E-state index in [4.69, 9.17) is 4.98 Å². The van der Waals surface area contributed by atoms with E-state index in [2.05, 4.69) is 50.0 Å². The summed E-state index contributed by atoms with van der Waals surface area (Å²) in [6.07, 6.45) is 2.42. The summed E-state index contributed by atoms with van der Waals surface area (Å²) in [7, 11) is 4.00. The van der Waals surface area contributed by atoms with Crippen molar-refractivity contribution in [2.24, 2.45) is 5.92 Å². The maximum absolute atomic E-state index is 13.2. The standard InChI is InChI=1S/C27H40N6O3/c1-7-9-16-32-25-24(26(35)29-27(32)36)33(17-19(3)4)22(28-25)14-15-23(34)31(8-2)18-20-10-12-21(13-11-20)30(5)6/h10-13,19H,7-9,14-18H2,1-6H3,(H,29,35,36). The summed E-state index contributed by atoms with van der Waals surface area (Å²) in [5.41, 5.74) is 2.16. The molecular weight excluding hydrogens is 456 g/mol. The lowest BCUT2D eigenvalue weighted by Gasteiger charge is -2.22. The molecule has 9 heteroatoms. The van der Waals surface area contributed by atoms with Crippen LogP contribution in [0.3, 0.4) is 0 Å². The number of aromatic nitrogens is 4. The highest BCUT2D eigenvalue weighted by atomic mass is 16.2. The minimum absolute atomic E-state index is 0.0367. The second-order valence-electron chi connectivity index (χ2n) is 9.94. The Balaban J connectivity index is 1.86. The van der Waals surface area contributed by atoms with Gasteiger partial charge in [-0.15, -0.1) is 0 Å². The van der Waals surface area contributed by atoms with Gasteiger partial charge in [0.1, 0.15) is 5.82 Å². The van der Waals surface area contributed by atoms with Gasteiger partial charge >= 0.3 is 5.69 Å². The second kappa shape index (κ2) is 12.1. The van der Waals surface area contributed by atoms with Crippen LogP contribution in [-0.4, -0.2) is 50.5 Å². The molecule has 1 amide bonds. The highest BCUT2D eigenvalue weighted by Crippen LogP contribution is 2.18. The van der Waals surface area contributed by atoms with Crippen LogP contribution in [0, 0.1) is 5.92 Å². The van der Waals surface area contributed by atoms with Crippen molar-refractivity contribution >= 4 is 22.8 Å². The van der Waals surface area contributed by atoms with Gasteiger partial charge in [-0.05, 0) is 37.0 Å². The highest BCUT2D eigenvalue weighted by Gasteiger charge is 2.21. The number of hydrogen-bond acceptors (Lipinski definition) is 5. The fraction of sp³-hybridized carbons (Fsp3) is 0.556. The van der Waals surface area contributed by atoms with Crippen LogP contribution in [0.1, 0.15) is 58.3 Å². The summed E-state index contributed by atoms with van der Waals surface area (Å²) >= 11 is 0. The maximum atomic E-state index is 13.2. The average molecular weight is 497 g/mol. The van der Waals surface area contributed by atoms with E-state index in [1.54, 1.807) is 4.57 Å². The van der Waals surface area contributed by atoms with E-state index < -0.39 is 11.2 Å². The van der Waals surface area contributed by atoms with E-state index in [-0.39, 0.29) is 18.2 Å². The lowest BCUT2D eigenvalue weighted by Crippen LogP contribution is -2.31. The number of nitrogens with zero attached hydrogens (tertiary/aromatic N) is 5. The molecule has 196 valence electrons. The first-order chi connectivity index (χ1) is 17.2. The van der Waals surface area contributed by atoms with Crippen molar-refractivity contribution < 1.29 is 4.79 Å². The molecule has 3 aromatic rings. The van der Waals surface area contributed by atoms with Gasteiger partial charge in [0.25, 0.3) is 5.56 Å². The number of H-pyrrole nitrogens is 1. The van der Waals surface area contributed by atoms with Crippen molar-refractivity contribution in [1.29, 1.82) is 0 Å². The number of aromatic amines is 1. The van der Waals surface area contributed by atoms with Crippen molar-refractivity contribution in [2.45, 2.75) is 73.0 Å². The van der Waals surface area contributed by atoms with E-state index in [9.17, 15) is 14.4 Å². The van der Waals surface area contributed by atoms with Crippen LogP contribution in [0.2, 0.25) is 0 Å². The third-order valence-electron chi connectivity index (χ3n) is 6.37. The predicted molar refractivity (Wildman–Crippen MR) is 145 cm³/mol. The fourth-order valence-corrected chi connectivity index (χ4v) is 4.37. The summed E-state index contributed by atoms with van der Waals surface area (Å²) < 4.78 is 3.45. The molecule has 2 heterocycles. The van der Waals surface area contributed by atoms with Crippen molar-refractivity contribution in [1.82, 2.24) is 24.0 Å². The maximum Gasteiger partial charge on any atom is 0.330 e. The van der Waals surface area contributed by atoms with Crippen molar-refractivity contribution in [3.05, 3.63) is 56.5 Å². The van der Waals surface area contributed by atoms with Gasteiger partial charge in [0, 0.05) is 58.8 Å². The van der Waals surface area contributed by atoms with Gasteiger partial charge in [-0.2, -0.15) is 0 Å². The molecule has 0 atom stereocenters. The van der Waals surface area contributed by atoms with Crippen LogP contribution in [0.5, 0.6) is 0 Å². The molecule has 36 heavy (non-hydrogen) atoms. The molecule has 9 nitrogen and oxygen atoms in total. The van der Waals surface area contributed by atoms with E-state index in [0.29, 0.717) is 49.6 Å². The Morgan fingerprint density at radius 3 is 2.36 bits per heavy atom. The van der Waals surface area contributed by atoms with Crippen LogP contribution in [-0.2, 0) is 30.8 Å². The zero-order valence-electron chi connectivity index (χ0n) is 22.5. The van der Waals surface area contributed by atoms with Gasteiger partial charge in [-0.25, -0.2) is 9.78 Å². The van der Waals surface area contributed by atoms with Crippen molar-refractivity contribution in [3.63, 3.8) is 0 Å². The quantitative estimate of drug-likeness (QED) is 0.415. The Morgan fingerprint density at radius 1 is 1.08 bits per heavy atom. The zero-order valence-corrected chi connectivity index (χ0v) is 22.5. The monoisotopic (exact) mass is 496 g/mol. The Morgan fingerprint density at radius 2 is 1.78 bits per heavy atom. The molecule has 1 N–H and O–H groups in total. The third kappa shape index (κ3) is 6.25. The molecule has 0 aliphatic rings. The number of unbranched alkanes of at least 4 members (excludes halogenated alkanes) is 1. The van der Waals surface area contributed by atoms with Crippen LogP contribution in [0.4, 0.5) is 5.69 Å². The molecule has 0 fully saturated rings. The molecule has 3 rings (SSSR count). The largest absolute Gasteiger partial charge is 0.378 e. The Kier molecular flexibility index (Phi) is 9.12. The van der Waals surface area contributed by atoms with Crippen molar-refractivity contribution in [2.75, 3.05) is 25.5 Å². The number of aryl methyl sites for hydroxylation is 2. The molecule has 0 saturated carbocycles. The second-order valence-corrected chi connectivity index (χ2v) is 9.94. The first-order valence-corrected chi connectivity index (χ1v) is 12.9. The predicted octanol–water partition coefficient (Wildman–Crippen LogP) is 3.39. The molecule has 0 radical (unpaired) electrons. The van der Waals surface area contributed by atoms with Gasteiger partial charge in [0.05, 0.1) is 0 Å². The van der Waals surface area contributed by atoms with Gasteiger partial charge < -0.3 is 14.4 Å². The van der Waals surface area contributed by atoms with E-state index in [0.717, 1.165) is 24.1 Å². The number of benzene rings is 1. The Labute approximate surface area is 212 Å². The smallest absolute Gasteiger partial charge is 0.330 e. The van der Waals surface area contributed by atoms with E-state index in [1.807, 2.05) is 35.4 Å². The summed E-state index contributed by atoms with van der Waals surface area (Å²) in [6, 6.07) is 8.21. The normalized spacial score (nSPS) is 11.4. The first kappa shape index (κ1) is 27.2. The van der Waals surface area contributed by atoms with Crippen LogP contribution in [0.25, 0.3) is 11.2 Å². The number of rotatable bonds is 12. The lowest BCUT2D eigenvalue weighted by atomic mass is 10.1. The van der Waals surface area contributed by atoms with Crippen LogP contribution in [0.15, 0.2) is 33.9 Å². The molecule has 0 saturated heterocycles. The number of fused-ring (bicyclic) bond motifs is 1. The zero-order chi connectivity index (χ0) is 26.4. The lowest BCUT2D eigenvalue weighted by molar-refractivity contribution is -0.131. The molecule has 0 aliphatic heterocycles. The van der Waals surface area contributed by atoms with E-state index >= 15 is 0 Å². The number of anilines is 1. The number of hydrogen-bond donors (Lipinski definition) is 1. The minimum Gasteiger partial charge on any atom is -0.378 e. The number of amides is 1. The average Bonchev–Trinajstić information content (AvgIpc) is 3.18. The summed E-state index contributed by atoms with van der Waals surface area (Å²) in [4.78, 5) is 49.6.